The van der Waals surface area contributed by atoms with Gasteiger partial charge in [-0.25, -0.2) is 29.9 Å². The number of aliphatic carboxylic acids is 3. The number of ketones is 2. The molecule has 0 unspecified atom stereocenters. The summed E-state index contributed by atoms with van der Waals surface area (Å²) in [5.74, 6) is -1.54. The molecule has 4 amide bonds. The van der Waals surface area contributed by atoms with E-state index < -0.39 is 53.5 Å². The number of nitrogens with one attached hydrogen (secondary N) is 1. The molecular formula is C120H140N10O15S3. The number of benzene rings is 6. The number of aryl methyl sites for hydroxylation is 1. The van der Waals surface area contributed by atoms with Crippen molar-refractivity contribution in [1.29, 1.82) is 0 Å². The van der Waals surface area contributed by atoms with Crippen LogP contribution in [-0.4, -0.2) is 178 Å². The normalized spacial score (nSPS) is 15.2. The molecule has 1 aliphatic carbocycles. The average Bonchev–Trinajstić information content (AvgIpc) is 1.25. The molecule has 4 aliphatic rings. The number of amides is 4. The van der Waals surface area contributed by atoms with Gasteiger partial charge in [-0.05, 0) is 178 Å². The fraction of sp³-hybridized carbons (Fsp3) is 0.425. The Morgan fingerprint density at radius 3 is 1.19 bits per heavy atom. The van der Waals surface area contributed by atoms with Crippen LogP contribution in [0.5, 0.6) is 17.2 Å². The van der Waals surface area contributed by atoms with E-state index in [4.69, 9.17) is 14.2 Å². The van der Waals surface area contributed by atoms with Crippen LogP contribution < -0.4 is 19.5 Å². The minimum Gasteiger partial charge on any atom is -0.494 e. The number of carbonyl (C=O) groups excluding carboxylic acids is 6. The Morgan fingerprint density at radius 1 is 0.392 bits per heavy atom. The molecule has 28 heteroatoms. The number of hydrogen-bond acceptors (Lipinski definition) is 21. The number of carboxylic acid groups (broad SMARTS) is 3. The first-order chi connectivity index (χ1) is 70.6. The second kappa shape index (κ2) is 50.1. The molecule has 0 bridgehead atoms. The number of aromatic nitrogens is 6. The van der Waals surface area contributed by atoms with Gasteiger partial charge in [-0.1, -0.05) is 251 Å². The lowest BCUT2D eigenvalue weighted by molar-refractivity contribution is -0.155. The molecule has 778 valence electrons. The van der Waals surface area contributed by atoms with Crippen LogP contribution >= 0.6 is 34.0 Å². The van der Waals surface area contributed by atoms with Gasteiger partial charge < -0.3 is 49.5 Å². The van der Waals surface area contributed by atoms with Crippen LogP contribution in [-0.2, 0) is 64.3 Å². The number of carboxylic acids is 3. The zero-order valence-corrected chi connectivity index (χ0v) is 90.1. The predicted octanol–water partition coefficient (Wildman–Crippen LogP) is 24.2. The van der Waals surface area contributed by atoms with Crippen molar-refractivity contribution in [2.45, 2.75) is 228 Å². The summed E-state index contributed by atoms with van der Waals surface area (Å²) in [6.45, 7) is 32.9. The molecule has 6 aromatic carbocycles. The fourth-order valence-corrected chi connectivity index (χ4v) is 21.3. The highest BCUT2D eigenvalue weighted by atomic mass is 32.1. The van der Waals surface area contributed by atoms with Crippen LogP contribution in [0.4, 0.5) is 0 Å². The molecule has 12 aromatic rings. The zero-order chi connectivity index (χ0) is 106. The summed E-state index contributed by atoms with van der Waals surface area (Å²) in [5.41, 5.74) is 11.9. The number of likely N-dealkylation sites (tertiary alicyclic amines) is 3. The molecule has 0 radical (unpaired) electrons. The third-order valence-electron chi connectivity index (χ3n) is 27.5. The summed E-state index contributed by atoms with van der Waals surface area (Å²) in [5, 5.41) is 31.1. The number of hydrogen-bond donors (Lipinski definition) is 4. The Bertz CT molecular complexity index is 6520. The van der Waals surface area contributed by atoms with Gasteiger partial charge in [0.15, 0.2) is 29.0 Å². The number of nitrogens with zero attached hydrogens (tertiary/aromatic N) is 9. The van der Waals surface area contributed by atoms with Crippen molar-refractivity contribution in [1.82, 2.24) is 49.9 Å². The number of thiophene rings is 3. The molecule has 16 rings (SSSR count). The lowest BCUT2D eigenvalue weighted by Crippen LogP contribution is -2.59. The molecule has 3 saturated heterocycles. The molecular weight excluding hydrogens is 1920 g/mol. The topological polar surface area (TPSA) is 341 Å². The van der Waals surface area contributed by atoms with Crippen molar-refractivity contribution in [3.8, 4) is 84.8 Å². The summed E-state index contributed by atoms with van der Waals surface area (Å²) in [6.07, 6.45) is 26.3. The summed E-state index contributed by atoms with van der Waals surface area (Å²) < 4.78 is 17.9. The van der Waals surface area contributed by atoms with Crippen molar-refractivity contribution < 1.29 is 72.7 Å². The van der Waals surface area contributed by atoms with Crippen molar-refractivity contribution in [3.63, 3.8) is 0 Å². The van der Waals surface area contributed by atoms with Gasteiger partial charge in [0.2, 0.25) is 17.7 Å². The van der Waals surface area contributed by atoms with E-state index in [9.17, 15) is 58.5 Å². The maximum Gasteiger partial charge on any atom is 0.310 e. The lowest BCUT2D eigenvalue weighted by Gasteiger charge is -2.38. The molecule has 25 nitrogen and oxygen atoms in total. The molecule has 148 heavy (non-hydrogen) atoms. The van der Waals surface area contributed by atoms with Gasteiger partial charge in [-0.3, -0.25) is 43.2 Å². The highest BCUT2D eigenvalue weighted by molar-refractivity contribution is 7.15. The van der Waals surface area contributed by atoms with E-state index in [0.29, 0.717) is 64.5 Å². The molecule has 6 aromatic heterocycles. The number of unbranched alkanes of at least 4 members (excludes halogenated alkanes) is 4. The van der Waals surface area contributed by atoms with E-state index in [1.807, 2.05) is 189 Å². The van der Waals surface area contributed by atoms with E-state index >= 15 is 0 Å². The van der Waals surface area contributed by atoms with Crippen LogP contribution in [0.3, 0.4) is 0 Å². The monoisotopic (exact) mass is 2060 g/mol. The van der Waals surface area contributed by atoms with Gasteiger partial charge in [-0.15, -0.1) is 34.0 Å². The Labute approximate surface area is 881 Å². The molecule has 9 heterocycles. The van der Waals surface area contributed by atoms with Crippen LogP contribution in [0.1, 0.15) is 246 Å². The van der Waals surface area contributed by atoms with Crippen LogP contribution in [0, 0.1) is 47.8 Å². The predicted molar refractivity (Wildman–Crippen MR) is 583 cm³/mol. The maximum absolute atomic E-state index is 13.8. The molecule has 4 atom stereocenters. The number of carbonyl (C=O) groups is 9. The van der Waals surface area contributed by atoms with Crippen LogP contribution in [0.25, 0.3) is 67.5 Å². The van der Waals surface area contributed by atoms with Crippen molar-refractivity contribution in [2.24, 2.45) is 40.9 Å². The first-order valence-electron chi connectivity index (χ1n) is 51.8. The van der Waals surface area contributed by atoms with Gasteiger partial charge in [-0.2, -0.15) is 0 Å². The van der Waals surface area contributed by atoms with E-state index in [2.05, 4.69) is 138 Å². The van der Waals surface area contributed by atoms with E-state index in [-0.39, 0.29) is 109 Å². The van der Waals surface area contributed by atoms with Gasteiger partial charge in [0.05, 0.1) is 52.2 Å². The van der Waals surface area contributed by atoms with Crippen molar-refractivity contribution >= 4 is 87.1 Å². The van der Waals surface area contributed by atoms with Crippen LogP contribution in [0.2, 0.25) is 0 Å². The Morgan fingerprint density at radius 2 is 0.777 bits per heavy atom. The first kappa shape index (κ1) is 110. The van der Waals surface area contributed by atoms with Crippen molar-refractivity contribution in [3.05, 3.63) is 265 Å². The standard InChI is InChI=1S/C42H49N3O5S.C40H48N4O5S.C38H43N3O5S/c1-42(2,3)38-18-17-37(51-38)36(46)24-33(40(47)45-21-19-32(27-45)41(48)49)23-29-9-11-31(12-10-29)39-43-25-34(26-44-39)30-13-15-35(16-14-30)50-22-20-28-7-5-4-6-8-28;1-6-7-8-9-10-19-49-33-16-15-29(20-26(33)2)30-22-41-36(42-23-30)28-13-11-27(12-14-28)21-32(38(46)44-24-31(25-44)39(47)48)43-37(45)34-17-18-35(50-34)40(3,4)5;1-37(2,3)23-46-30-13-11-25(12-14-30)28-19-39-34(40-20-28)26-9-7-24(8-10-26)17-27(35(43)41-21-29(22-41)36(44)45)18-31(42)32-15-16-33(47-32)38(4,5)6/h9-18,25-26,28,32-33H,4-8,19-24,27H2,1-3H3,(H,48,49);11-18,20,22-23,31-32H,6-10,19,21,24-25H2,1-5H3,(H,43,45)(H,47,48);7-16,19-20,27,29H,17-18,21-23H2,1-6H3,(H,44,45)/t32-,33+;32-;27-/m001/s1. The molecule has 4 N–H and O–H groups in total. The SMILES string of the molecule is CC(C)(C)COc1ccc(-c2cnc(-c3ccc(C[C@H](CC(=O)c4ccc(C(C)(C)C)s4)C(=O)N4CC(C(=O)O)C4)cc3)nc2)cc1.CC(C)(C)c1ccc(C(=O)C[C@@H](Cc2ccc(-c3ncc(-c4ccc(OCCC5CCCCC5)cc4)cn3)cc2)C(=O)N2CC[C@H](C(=O)O)C2)s1.CCCCCCCOc1ccc(-c2cnc(-c3ccc(C[C@H](NC(=O)c4ccc(C(C)(C)C)s4)C(=O)N4CC(C(=O)O)C4)cc3)nc2)cc1C. The highest BCUT2D eigenvalue weighted by Crippen LogP contribution is 2.39. The van der Waals surface area contributed by atoms with Gasteiger partial charge >= 0.3 is 17.9 Å². The lowest BCUT2D eigenvalue weighted by atomic mass is 9.87. The molecule has 4 fully saturated rings. The van der Waals surface area contributed by atoms with Gasteiger partial charge in [0, 0.05) is 156 Å². The maximum atomic E-state index is 13.8. The minimum atomic E-state index is -0.921. The minimum absolute atomic E-state index is 0.0627. The zero-order valence-electron chi connectivity index (χ0n) is 87.6. The number of rotatable bonds is 39. The second-order valence-corrected chi connectivity index (χ2v) is 47.2. The quantitative estimate of drug-likeness (QED) is 0.0205. The Balaban J connectivity index is 0.000000175. The second-order valence-electron chi connectivity index (χ2n) is 44.0. The summed E-state index contributed by atoms with van der Waals surface area (Å²) in [7, 11) is 0. The van der Waals surface area contributed by atoms with E-state index in [1.165, 1.54) is 96.7 Å². The third kappa shape index (κ3) is 30.7. The fourth-order valence-electron chi connectivity index (χ4n) is 18.3. The van der Waals surface area contributed by atoms with Crippen molar-refractivity contribution in [2.75, 3.05) is 59.1 Å². The number of ether oxygens (including phenoxy) is 3. The number of Topliss-reactive ketones (excluding diaryl/α,β-unsaturated/α-hetero) is 2. The van der Waals surface area contributed by atoms with E-state index in [0.717, 1.165) is 136 Å². The Hall–Kier alpha value is -13.3. The third-order valence-corrected chi connectivity index (χ3v) is 32.1. The summed E-state index contributed by atoms with van der Waals surface area (Å²) >= 11 is 4.36. The summed E-state index contributed by atoms with van der Waals surface area (Å²) in [4.78, 5) is 153. The molecule has 0 spiro atoms. The molecule has 3 aliphatic heterocycles. The van der Waals surface area contributed by atoms with Gasteiger partial charge in [0.25, 0.3) is 5.91 Å². The average molecular weight is 2060 g/mol. The summed E-state index contributed by atoms with van der Waals surface area (Å²) in [6, 6.07) is 55.8. The molecule has 1 saturated carbocycles. The first-order valence-corrected chi connectivity index (χ1v) is 54.2. The largest absolute Gasteiger partial charge is 0.494 e. The van der Waals surface area contributed by atoms with Crippen LogP contribution in [0.15, 0.2) is 213 Å². The van der Waals surface area contributed by atoms with E-state index in [1.54, 1.807) is 28.3 Å². The smallest absolute Gasteiger partial charge is 0.310 e. The Kier molecular flexibility index (Phi) is 37.4. The van der Waals surface area contributed by atoms with Gasteiger partial charge in [0.1, 0.15) is 23.3 Å². The highest BCUT2D eigenvalue weighted by Gasteiger charge is 2.42.